The number of hydrogen-bond acceptors (Lipinski definition) is 11. The van der Waals surface area contributed by atoms with Gasteiger partial charge in [0, 0.05) is 6.20 Å². The van der Waals surface area contributed by atoms with Gasteiger partial charge in [0.2, 0.25) is 0 Å². The number of esters is 1. The van der Waals surface area contributed by atoms with E-state index in [0.29, 0.717) is 0 Å². The van der Waals surface area contributed by atoms with E-state index < -0.39 is 68.4 Å². The highest BCUT2D eigenvalue weighted by molar-refractivity contribution is 7.52. The van der Waals surface area contributed by atoms with E-state index in [1.54, 1.807) is 32.0 Å². The zero-order valence-electron chi connectivity index (χ0n) is 25.6. The molecule has 1 aliphatic heterocycles. The largest absolute Gasteiger partial charge is 0.462 e. The summed E-state index contributed by atoms with van der Waals surface area (Å²) in [6.07, 6.45) is -0.617. The van der Waals surface area contributed by atoms with Crippen LogP contribution in [0.3, 0.4) is 0 Å². The third-order valence-corrected chi connectivity index (χ3v) is 8.93. The number of rotatable bonds is 12. The van der Waals surface area contributed by atoms with Crippen molar-refractivity contribution >= 4 is 25.6 Å². The number of alkyl halides is 1. The number of carbonyl (C=O) groups is 2. The van der Waals surface area contributed by atoms with Gasteiger partial charge in [-0.2, -0.15) is 10.1 Å². The first-order valence-electron chi connectivity index (χ1n) is 14.8. The molecule has 1 saturated carbocycles. The van der Waals surface area contributed by atoms with Crippen LogP contribution in [0.25, 0.3) is 0 Å². The van der Waals surface area contributed by atoms with Gasteiger partial charge in [0.15, 0.2) is 11.9 Å². The molecule has 0 radical (unpaired) electrons. The molecule has 248 valence electrons. The highest BCUT2D eigenvalue weighted by Crippen LogP contribution is 2.47. The average molecular weight is 655 g/mol. The van der Waals surface area contributed by atoms with Gasteiger partial charge in [-0.25, -0.2) is 18.5 Å². The second-order valence-corrected chi connectivity index (χ2v) is 13.1. The van der Waals surface area contributed by atoms with E-state index in [1.165, 1.54) is 25.1 Å². The maximum absolute atomic E-state index is 15.9. The Balaban J connectivity index is 1.44. The van der Waals surface area contributed by atoms with Crippen LogP contribution < -0.4 is 20.6 Å². The van der Waals surface area contributed by atoms with Crippen molar-refractivity contribution in [2.75, 3.05) is 11.9 Å². The van der Waals surface area contributed by atoms with Crippen molar-refractivity contribution in [1.82, 2.24) is 14.6 Å². The maximum atomic E-state index is 15.9. The minimum Gasteiger partial charge on any atom is -0.462 e. The summed E-state index contributed by atoms with van der Waals surface area (Å²) in [4.78, 5) is 41.3. The SMILES string of the molecule is CC(C)OC(=O)[C@H](C)N[P@](=O)(OC[C@H]1O[C@@H](n2ccc(NC(=O)OC3CCCCC3)nc2=O)[C@](C)(F)[C@@H]1O)Oc1ccccc1. The predicted molar refractivity (Wildman–Crippen MR) is 159 cm³/mol. The van der Waals surface area contributed by atoms with Gasteiger partial charge in [-0.05, 0) is 71.6 Å². The van der Waals surface area contributed by atoms with Gasteiger partial charge < -0.3 is 23.8 Å². The molecule has 2 aliphatic rings. The summed E-state index contributed by atoms with van der Waals surface area (Å²) in [5.41, 5.74) is -3.49. The van der Waals surface area contributed by atoms with Crippen LogP contribution in [-0.2, 0) is 28.1 Å². The Morgan fingerprint density at radius 1 is 1.18 bits per heavy atom. The van der Waals surface area contributed by atoms with Crippen molar-refractivity contribution in [2.45, 2.75) is 102 Å². The third kappa shape index (κ3) is 9.10. The highest BCUT2D eigenvalue weighted by atomic mass is 31.2. The number of nitrogens with one attached hydrogen (secondary N) is 2. The molecule has 3 N–H and O–H groups in total. The van der Waals surface area contributed by atoms with Crippen LogP contribution in [0.1, 0.15) is 66.0 Å². The van der Waals surface area contributed by atoms with E-state index in [0.717, 1.165) is 49.8 Å². The lowest BCUT2D eigenvalue weighted by molar-refractivity contribution is -0.149. The molecule has 1 aromatic heterocycles. The van der Waals surface area contributed by atoms with Gasteiger partial charge in [-0.15, -0.1) is 0 Å². The topological polar surface area (TPSA) is 177 Å². The molecule has 1 aliphatic carbocycles. The number of anilines is 1. The van der Waals surface area contributed by atoms with Crippen LogP contribution in [0, 0.1) is 0 Å². The third-order valence-electron chi connectivity index (χ3n) is 7.29. The quantitative estimate of drug-likeness (QED) is 0.219. The van der Waals surface area contributed by atoms with Crippen molar-refractivity contribution in [3.8, 4) is 5.75 Å². The number of amides is 1. The summed E-state index contributed by atoms with van der Waals surface area (Å²) < 4.78 is 57.8. The standard InChI is InChI=1S/C29H40FN4O10P/c1-18(2)41-25(36)19(3)33-45(39,44-21-13-9-6-10-14-21)40-17-22-24(35)29(4,30)26(43-22)34-16-15-23(31-27(34)37)32-28(38)42-20-11-7-5-8-12-20/h6,9-10,13-16,18-20,22,24,26,35H,5,7-8,11-12,17H2,1-4H3,(H,33,39)(H,31,32,37,38)/t19-,22+,24+,26+,29+,45-/m0/s1. The van der Waals surface area contributed by atoms with Crippen LogP contribution in [0.5, 0.6) is 5.75 Å². The number of aliphatic hydroxyl groups is 1. The summed E-state index contributed by atoms with van der Waals surface area (Å²) in [6.45, 7) is 5.08. The lowest BCUT2D eigenvalue weighted by Gasteiger charge is -2.25. The van der Waals surface area contributed by atoms with Gasteiger partial charge in [-0.1, -0.05) is 24.6 Å². The summed E-state index contributed by atoms with van der Waals surface area (Å²) in [7, 11) is -4.35. The fourth-order valence-electron chi connectivity index (χ4n) is 4.99. The molecular weight excluding hydrogens is 614 g/mol. The molecule has 4 rings (SSSR count). The Morgan fingerprint density at radius 2 is 1.87 bits per heavy atom. The normalized spacial score (nSPS) is 25.7. The first-order valence-corrected chi connectivity index (χ1v) is 16.4. The number of aliphatic hydroxyl groups excluding tert-OH is 1. The number of para-hydroxylation sites is 1. The zero-order valence-corrected chi connectivity index (χ0v) is 26.5. The van der Waals surface area contributed by atoms with Crippen LogP contribution in [0.15, 0.2) is 47.4 Å². The molecule has 1 amide bonds. The number of aromatic nitrogens is 2. The smallest absolute Gasteiger partial charge is 0.459 e. The molecule has 2 fully saturated rings. The van der Waals surface area contributed by atoms with Gasteiger partial charge in [0.1, 0.15) is 35.9 Å². The van der Waals surface area contributed by atoms with E-state index in [1.807, 2.05) is 0 Å². The second-order valence-electron chi connectivity index (χ2n) is 11.4. The monoisotopic (exact) mass is 654 g/mol. The fourth-order valence-corrected chi connectivity index (χ4v) is 6.49. The van der Waals surface area contributed by atoms with Gasteiger partial charge in [0.05, 0.1) is 12.7 Å². The minimum atomic E-state index is -4.35. The van der Waals surface area contributed by atoms with Crippen molar-refractivity contribution in [3.05, 3.63) is 53.1 Å². The molecule has 6 atom stereocenters. The van der Waals surface area contributed by atoms with Crippen LogP contribution in [0.4, 0.5) is 15.0 Å². The fraction of sp³-hybridized carbons (Fsp3) is 0.586. The molecule has 0 bridgehead atoms. The Kier molecular flexibility index (Phi) is 11.4. The average Bonchev–Trinajstić information content (AvgIpc) is 3.20. The summed E-state index contributed by atoms with van der Waals surface area (Å²) >= 11 is 0. The zero-order chi connectivity index (χ0) is 32.8. The van der Waals surface area contributed by atoms with Crippen molar-refractivity contribution in [3.63, 3.8) is 0 Å². The Hall–Kier alpha value is -3.36. The number of ether oxygens (including phenoxy) is 3. The first-order chi connectivity index (χ1) is 21.3. The number of benzene rings is 1. The molecule has 1 aromatic carbocycles. The van der Waals surface area contributed by atoms with Crippen LogP contribution >= 0.6 is 7.75 Å². The summed E-state index contributed by atoms with van der Waals surface area (Å²) in [5, 5.41) is 15.7. The molecule has 0 spiro atoms. The van der Waals surface area contributed by atoms with Gasteiger partial charge >= 0.3 is 25.5 Å². The van der Waals surface area contributed by atoms with Crippen molar-refractivity contribution in [1.29, 1.82) is 0 Å². The molecule has 1 saturated heterocycles. The number of nitrogens with zero attached hydrogens (tertiary/aromatic N) is 2. The van der Waals surface area contributed by atoms with Crippen molar-refractivity contribution in [2.24, 2.45) is 0 Å². The van der Waals surface area contributed by atoms with Gasteiger partial charge in [0.25, 0.3) is 0 Å². The Morgan fingerprint density at radius 3 is 2.51 bits per heavy atom. The Bertz CT molecular complexity index is 1420. The highest BCUT2D eigenvalue weighted by Gasteiger charge is 2.56. The lowest BCUT2D eigenvalue weighted by Crippen LogP contribution is -2.43. The number of carbonyl (C=O) groups excluding carboxylic acids is 2. The second kappa shape index (κ2) is 14.8. The summed E-state index contributed by atoms with van der Waals surface area (Å²) in [6, 6.07) is 8.13. The van der Waals surface area contributed by atoms with Crippen molar-refractivity contribution < 1.29 is 46.9 Å². The molecule has 2 heterocycles. The number of halogens is 1. The van der Waals surface area contributed by atoms with E-state index >= 15 is 4.39 Å². The van der Waals surface area contributed by atoms with E-state index in [4.69, 9.17) is 23.3 Å². The minimum absolute atomic E-state index is 0.105. The number of hydrogen-bond donors (Lipinski definition) is 3. The predicted octanol–water partition coefficient (Wildman–Crippen LogP) is 4.24. The van der Waals surface area contributed by atoms with E-state index in [9.17, 15) is 24.1 Å². The van der Waals surface area contributed by atoms with Crippen LogP contribution in [-0.4, -0.2) is 69.5 Å². The van der Waals surface area contributed by atoms with Crippen LogP contribution in [0.2, 0.25) is 0 Å². The van der Waals surface area contributed by atoms with Gasteiger partial charge in [-0.3, -0.25) is 19.2 Å². The molecule has 14 nitrogen and oxygen atoms in total. The Labute approximate surface area is 260 Å². The van der Waals surface area contributed by atoms with E-state index in [-0.39, 0.29) is 17.7 Å². The maximum Gasteiger partial charge on any atom is 0.459 e. The molecular formula is C29H40FN4O10P. The molecule has 0 unspecified atom stereocenters. The van der Waals surface area contributed by atoms with E-state index in [2.05, 4.69) is 15.4 Å². The first kappa shape index (κ1) is 34.5. The molecule has 2 aromatic rings. The lowest BCUT2D eigenvalue weighted by atomic mass is 9.98. The molecule has 16 heteroatoms. The summed E-state index contributed by atoms with van der Waals surface area (Å²) in [5.74, 6) is -0.676. The molecule has 45 heavy (non-hydrogen) atoms.